The van der Waals surface area contributed by atoms with Gasteiger partial charge in [-0.25, -0.2) is 0 Å². The molecule has 1 unspecified atom stereocenters. The maximum atomic E-state index is 11.7. The van der Waals surface area contributed by atoms with Crippen molar-refractivity contribution in [1.29, 1.82) is 0 Å². The van der Waals surface area contributed by atoms with Gasteiger partial charge in [-0.3, -0.25) is 9.59 Å². The van der Waals surface area contributed by atoms with Gasteiger partial charge in [-0.15, -0.1) is 11.3 Å². The van der Waals surface area contributed by atoms with Crippen LogP contribution in [0.3, 0.4) is 0 Å². The van der Waals surface area contributed by atoms with Crippen molar-refractivity contribution in [3.8, 4) is 0 Å². The van der Waals surface area contributed by atoms with Gasteiger partial charge in [0.2, 0.25) is 0 Å². The first kappa shape index (κ1) is 14.3. The molecule has 1 atom stereocenters. The van der Waals surface area contributed by atoms with Crippen LogP contribution in [0.5, 0.6) is 0 Å². The van der Waals surface area contributed by atoms with Gasteiger partial charge in [0.1, 0.15) is 4.34 Å². The Labute approximate surface area is 113 Å². The number of carbonyl (C=O) groups excluding carboxylic acids is 1. The normalized spacial score (nSPS) is 12.2. The van der Waals surface area contributed by atoms with Gasteiger partial charge in [-0.05, 0) is 12.0 Å². The molecule has 0 aliphatic heterocycles. The first-order valence-electron chi connectivity index (χ1n) is 4.85. The van der Waals surface area contributed by atoms with E-state index in [0.29, 0.717) is 14.2 Å². The lowest BCUT2D eigenvalue weighted by molar-refractivity contribution is -0.137. The molecule has 4 nitrogen and oxygen atoms in total. The molecule has 0 fully saturated rings. The predicted octanol–water partition coefficient (Wildman–Crippen LogP) is 2.90. The van der Waals surface area contributed by atoms with Crippen molar-refractivity contribution in [3.05, 3.63) is 20.3 Å². The highest BCUT2D eigenvalue weighted by Gasteiger charge is 2.15. The molecule has 1 amide bonds. The number of carboxylic acid groups (broad SMARTS) is 1. The zero-order valence-electron chi connectivity index (χ0n) is 9.00. The highest BCUT2D eigenvalue weighted by Crippen LogP contribution is 2.30. The summed E-state index contributed by atoms with van der Waals surface area (Å²) in [6.45, 7) is 2.03. The Morgan fingerprint density at radius 2 is 2.18 bits per heavy atom. The molecule has 94 valence electrons. The summed E-state index contributed by atoms with van der Waals surface area (Å²) in [5.74, 6) is -1.36. The van der Waals surface area contributed by atoms with E-state index >= 15 is 0 Å². The average Bonchev–Trinajstić information content (AvgIpc) is 2.53. The van der Waals surface area contributed by atoms with Crippen LogP contribution in [0.1, 0.15) is 23.7 Å². The summed E-state index contributed by atoms with van der Waals surface area (Å²) in [5.41, 5.74) is 0.323. The molecule has 1 heterocycles. The number of amides is 1. The third kappa shape index (κ3) is 4.53. The van der Waals surface area contributed by atoms with Crippen molar-refractivity contribution in [3.63, 3.8) is 0 Å². The molecule has 1 aromatic heterocycles. The van der Waals surface area contributed by atoms with Gasteiger partial charge in [0, 0.05) is 13.0 Å². The Morgan fingerprint density at radius 3 is 2.65 bits per heavy atom. The van der Waals surface area contributed by atoms with E-state index in [1.165, 1.54) is 6.07 Å². The standard InChI is InChI=1S/C10H11Cl2NO3S/c1-5(2-8(14)15)4-13-10(16)6-3-7(11)17-9(6)12/h3,5H,2,4H2,1H3,(H,13,16)(H,14,15). The van der Waals surface area contributed by atoms with E-state index < -0.39 is 5.97 Å². The molecule has 0 aliphatic rings. The van der Waals surface area contributed by atoms with Crippen molar-refractivity contribution >= 4 is 46.4 Å². The smallest absolute Gasteiger partial charge is 0.303 e. The van der Waals surface area contributed by atoms with Gasteiger partial charge >= 0.3 is 5.97 Å². The first-order chi connectivity index (χ1) is 7.90. The maximum absolute atomic E-state index is 11.7. The maximum Gasteiger partial charge on any atom is 0.303 e. The molecule has 0 bridgehead atoms. The Bertz CT molecular complexity index is 433. The van der Waals surface area contributed by atoms with E-state index in [0.717, 1.165) is 11.3 Å². The lowest BCUT2D eigenvalue weighted by Crippen LogP contribution is -2.29. The summed E-state index contributed by atoms with van der Waals surface area (Å²) >= 11 is 12.7. The molecular formula is C10H11Cl2NO3S. The van der Waals surface area contributed by atoms with Crippen LogP contribution in [0.25, 0.3) is 0 Å². The summed E-state index contributed by atoms with van der Waals surface area (Å²) in [6.07, 6.45) is 0.0123. The van der Waals surface area contributed by atoms with Crippen LogP contribution < -0.4 is 5.32 Å². The van der Waals surface area contributed by atoms with Crippen molar-refractivity contribution < 1.29 is 14.7 Å². The second-order valence-corrected chi connectivity index (χ2v) is 5.94. The zero-order valence-corrected chi connectivity index (χ0v) is 11.3. The number of hydrogen-bond acceptors (Lipinski definition) is 3. The largest absolute Gasteiger partial charge is 0.481 e. The van der Waals surface area contributed by atoms with E-state index in [9.17, 15) is 9.59 Å². The fraction of sp³-hybridized carbons (Fsp3) is 0.400. The molecule has 17 heavy (non-hydrogen) atoms. The van der Waals surface area contributed by atoms with E-state index in [1.54, 1.807) is 6.92 Å². The number of halogens is 2. The lowest BCUT2D eigenvalue weighted by atomic mass is 10.1. The van der Waals surface area contributed by atoms with E-state index in [2.05, 4.69) is 5.32 Å². The van der Waals surface area contributed by atoms with Gasteiger partial charge in [0.15, 0.2) is 0 Å². The Kier molecular flexibility index (Phi) is 5.24. The van der Waals surface area contributed by atoms with Crippen molar-refractivity contribution in [2.45, 2.75) is 13.3 Å². The summed E-state index contributed by atoms with van der Waals surface area (Å²) < 4.78 is 0.775. The monoisotopic (exact) mass is 295 g/mol. The van der Waals surface area contributed by atoms with Crippen molar-refractivity contribution in [2.75, 3.05) is 6.54 Å². The van der Waals surface area contributed by atoms with Crippen LogP contribution in [-0.2, 0) is 4.79 Å². The van der Waals surface area contributed by atoms with Crippen LogP contribution in [0.15, 0.2) is 6.07 Å². The molecule has 0 spiro atoms. The minimum atomic E-state index is -0.886. The third-order valence-electron chi connectivity index (χ3n) is 2.04. The summed E-state index contributed by atoms with van der Waals surface area (Å²) in [7, 11) is 0. The molecule has 0 radical (unpaired) electrons. The third-order valence-corrected chi connectivity index (χ3v) is 3.52. The topological polar surface area (TPSA) is 66.4 Å². The number of aliphatic carboxylic acids is 1. The molecular weight excluding hydrogens is 285 g/mol. The van der Waals surface area contributed by atoms with Gasteiger partial charge in [-0.2, -0.15) is 0 Å². The number of carbonyl (C=O) groups is 2. The summed E-state index contributed by atoms with van der Waals surface area (Å²) in [6, 6.07) is 1.49. The fourth-order valence-corrected chi connectivity index (χ4v) is 2.69. The van der Waals surface area contributed by atoms with Crippen molar-refractivity contribution in [2.24, 2.45) is 5.92 Å². The van der Waals surface area contributed by atoms with E-state index in [-0.39, 0.29) is 24.8 Å². The molecule has 0 saturated carbocycles. The Hall–Kier alpha value is -0.780. The van der Waals surface area contributed by atoms with Crippen LogP contribution in [0, 0.1) is 5.92 Å². The zero-order chi connectivity index (χ0) is 13.0. The number of rotatable bonds is 5. The SMILES string of the molecule is CC(CNC(=O)c1cc(Cl)sc1Cl)CC(=O)O. The number of carboxylic acids is 1. The van der Waals surface area contributed by atoms with Gasteiger partial charge in [-0.1, -0.05) is 30.1 Å². The second kappa shape index (κ2) is 6.23. The summed E-state index contributed by atoms with van der Waals surface area (Å²) in [4.78, 5) is 22.1. The first-order valence-corrected chi connectivity index (χ1v) is 6.42. The quantitative estimate of drug-likeness (QED) is 0.878. The predicted molar refractivity (Wildman–Crippen MR) is 68.1 cm³/mol. The van der Waals surface area contributed by atoms with Crippen LogP contribution >= 0.6 is 34.5 Å². The minimum absolute atomic E-state index is 0.0123. The highest BCUT2D eigenvalue weighted by atomic mass is 35.5. The van der Waals surface area contributed by atoms with Gasteiger partial charge in [0.25, 0.3) is 5.91 Å². The highest BCUT2D eigenvalue weighted by molar-refractivity contribution is 7.20. The molecule has 2 N–H and O–H groups in total. The average molecular weight is 296 g/mol. The fourth-order valence-electron chi connectivity index (χ4n) is 1.23. The summed E-state index contributed by atoms with van der Waals surface area (Å²) in [5, 5.41) is 11.2. The van der Waals surface area contributed by atoms with E-state index in [1.807, 2.05) is 0 Å². The molecule has 7 heteroatoms. The Balaban J connectivity index is 2.50. The molecule has 0 saturated heterocycles. The van der Waals surface area contributed by atoms with Crippen LogP contribution in [-0.4, -0.2) is 23.5 Å². The molecule has 0 aromatic carbocycles. The number of hydrogen-bond donors (Lipinski definition) is 2. The van der Waals surface area contributed by atoms with Crippen LogP contribution in [0.4, 0.5) is 0 Å². The van der Waals surface area contributed by atoms with Gasteiger partial charge in [0.05, 0.1) is 9.90 Å². The number of thiophene rings is 1. The lowest BCUT2D eigenvalue weighted by Gasteiger charge is -2.09. The number of nitrogens with one attached hydrogen (secondary N) is 1. The Morgan fingerprint density at radius 1 is 1.53 bits per heavy atom. The molecule has 1 aromatic rings. The van der Waals surface area contributed by atoms with Crippen LogP contribution in [0.2, 0.25) is 8.67 Å². The van der Waals surface area contributed by atoms with Gasteiger partial charge < -0.3 is 10.4 Å². The molecule has 0 aliphatic carbocycles. The van der Waals surface area contributed by atoms with Crippen molar-refractivity contribution in [1.82, 2.24) is 5.32 Å². The van der Waals surface area contributed by atoms with E-state index in [4.69, 9.17) is 28.3 Å². The minimum Gasteiger partial charge on any atom is -0.481 e. The second-order valence-electron chi connectivity index (χ2n) is 3.65. The molecule has 1 rings (SSSR count).